The van der Waals surface area contributed by atoms with Gasteiger partial charge in [-0.05, 0) is 37.3 Å². The lowest BCUT2D eigenvalue weighted by molar-refractivity contribution is -0.137. The summed E-state index contributed by atoms with van der Waals surface area (Å²) in [4.78, 5) is 4.14. The molecule has 3 nitrogen and oxygen atoms in total. The second-order valence-corrected chi connectivity index (χ2v) is 4.69. The van der Waals surface area contributed by atoms with Crippen LogP contribution < -0.4 is 5.32 Å². The van der Waals surface area contributed by atoms with E-state index in [0.717, 1.165) is 12.1 Å². The molecule has 0 atom stereocenters. The quantitative estimate of drug-likeness (QED) is 0.876. The smallest absolute Gasteiger partial charge is 0.338 e. The normalized spacial score (nSPS) is 11.0. The van der Waals surface area contributed by atoms with Crippen molar-refractivity contribution in [3.05, 3.63) is 52.2 Å². The van der Waals surface area contributed by atoms with Gasteiger partial charge in [-0.1, -0.05) is 11.6 Å². The van der Waals surface area contributed by atoms with E-state index in [-0.39, 0.29) is 22.1 Å². The van der Waals surface area contributed by atoms with Crippen LogP contribution in [0.3, 0.4) is 0 Å². The van der Waals surface area contributed by atoms with E-state index in [1.54, 1.807) is 19.1 Å². The van der Waals surface area contributed by atoms with Crippen molar-refractivity contribution >= 4 is 23.1 Å². The third-order valence-electron chi connectivity index (χ3n) is 2.70. The SMILES string of the molecule is Cc1ccc(C#N)c(Nc2ccc(C(F)(F)F)cc2Cl)n1. The fourth-order valence-electron chi connectivity index (χ4n) is 1.66. The standard InChI is InChI=1S/C14H9ClF3N3/c1-8-2-3-9(7-19)13(20-8)21-12-5-4-10(6-11(12)15)14(16,17)18/h2-6H,1H3,(H,20,21). The van der Waals surface area contributed by atoms with Gasteiger partial charge in [0.1, 0.15) is 11.9 Å². The molecule has 0 aliphatic heterocycles. The highest BCUT2D eigenvalue weighted by Crippen LogP contribution is 2.34. The summed E-state index contributed by atoms with van der Waals surface area (Å²) in [6.45, 7) is 1.74. The van der Waals surface area contributed by atoms with E-state index in [4.69, 9.17) is 16.9 Å². The fourth-order valence-corrected chi connectivity index (χ4v) is 1.89. The van der Waals surface area contributed by atoms with E-state index >= 15 is 0 Å². The first-order chi connectivity index (χ1) is 9.81. The minimum Gasteiger partial charge on any atom is -0.338 e. The van der Waals surface area contributed by atoms with Gasteiger partial charge in [0.15, 0.2) is 0 Å². The first kappa shape index (κ1) is 15.1. The first-order valence-corrected chi connectivity index (χ1v) is 6.20. The van der Waals surface area contributed by atoms with Crippen molar-refractivity contribution < 1.29 is 13.2 Å². The molecular formula is C14H9ClF3N3. The van der Waals surface area contributed by atoms with Crippen LogP contribution >= 0.6 is 11.6 Å². The molecule has 0 aliphatic carbocycles. The third-order valence-corrected chi connectivity index (χ3v) is 3.02. The monoisotopic (exact) mass is 311 g/mol. The van der Waals surface area contributed by atoms with E-state index in [1.807, 2.05) is 6.07 Å². The van der Waals surface area contributed by atoms with Gasteiger partial charge in [0.2, 0.25) is 0 Å². The Labute approximate surface area is 124 Å². The highest BCUT2D eigenvalue weighted by molar-refractivity contribution is 6.33. The molecule has 108 valence electrons. The Bertz CT molecular complexity index is 720. The minimum absolute atomic E-state index is 0.1000. The number of halogens is 4. The van der Waals surface area contributed by atoms with E-state index in [2.05, 4.69) is 10.3 Å². The molecule has 1 N–H and O–H groups in total. The zero-order valence-electron chi connectivity index (χ0n) is 10.8. The Balaban J connectivity index is 2.37. The Kier molecular flexibility index (Phi) is 4.05. The molecule has 1 aromatic heterocycles. The van der Waals surface area contributed by atoms with Crippen molar-refractivity contribution in [1.29, 1.82) is 5.26 Å². The van der Waals surface area contributed by atoms with E-state index < -0.39 is 11.7 Å². The number of hydrogen-bond donors (Lipinski definition) is 1. The number of nitrogens with zero attached hydrogens (tertiary/aromatic N) is 2. The molecule has 0 saturated heterocycles. The fraction of sp³-hybridized carbons (Fsp3) is 0.143. The number of hydrogen-bond acceptors (Lipinski definition) is 3. The number of nitrogens with one attached hydrogen (secondary N) is 1. The number of anilines is 2. The Morgan fingerprint density at radius 1 is 1.24 bits per heavy atom. The highest BCUT2D eigenvalue weighted by Gasteiger charge is 2.30. The lowest BCUT2D eigenvalue weighted by Crippen LogP contribution is -2.05. The largest absolute Gasteiger partial charge is 0.416 e. The second kappa shape index (κ2) is 5.62. The number of alkyl halides is 3. The zero-order chi connectivity index (χ0) is 15.6. The molecule has 0 fully saturated rings. The maximum atomic E-state index is 12.6. The average Bonchev–Trinajstić information content (AvgIpc) is 2.40. The summed E-state index contributed by atoms with van der Waals surface area (Å²) in [6.07, 6.45) is -4.46. The molecule has 0 unspecified atom stereocenters. The van der Waals surface area contributed by atoms with Gasteiger partial charge in [-0.15, -0.1) is 0 Å². The Morgan fingerprint density at radius 2 is 1.95 bits per heavy atom. The van der Waals surface area contributed by atoms with Gasteiger partial charge in [0.05, 0.1) is 21.8 Å². The van der Waals surface area contributed by atoms with Gasteiger partial charge in [0, 0.05) is 5.69 Å². The molecule has 0 spiro atoms. The van der Waals surface area contributed by atoms with Crippen molar-refractivity contribution in [2.45, 2.75) is 13.1 Å². The maximum absolute atomic E-state index is 12.6. The van der Waals surface area contributed by atoms with Crippen LogP contribution in [0.15, 0.2) is 30.3 Å². The molecule has 1 heterocycles. The van der Waals surface area contributed by atoms with Crippen LogP contribution in [0, 0.1) is 18.3 Å². The van der Waals surface area contributed by atoms with Crippen LogP contribution in [0.2, 0.25) is 5.02 Å². The van der Waals surface area contributed by atoms with E-state index in [0.29, 0.717) is 5.69 Å². The molecule has 21 heavy (non-hydrogen) atoms. The summed E-state index contributed by atoms with van der Waals surface area (Å²) < 4.78 is 37.7. The zero-order valence-corrected chi connectivity index (χ0v) is 11.5. The summed E-state index contributed by atoms with van der Waals surface area (Å²) in [5.74, 6) is 0.249. The van der Waals surface area contributed by atoms with Gasteiger partial charge in [-0.2, -0.15) is 18.4 Å². The van der Waals surface area contributed by atoms with E-state index in [9.17, 15) is 13.2 Å². The van der Waals surface area contributed by atoms with Crippen molar-refractivity contribution in [2.24, 2.45) is 0 Å². The molecule has 0 bridgehead atoms. The van der Waals surface area contributed by atoms with Gasteiger partial charge < -0.3 is 5.32 Å². The van der Waals surface area contributed by atoms with Crippen molar-refractivity contribution in [2.75, 3.05) is 5.32 Å². The summed E-state index contributed by atoms with van der Waals surface area (Å²) in [5, 5.41) is 11.7. The van der Waals surface area contributed by atoms with Gasteiger partial charge in [-0.3, -0.25) is 0 Å². The molecule has 0 radical (unpaired) electrons. The predicted molar refractivity (Wildman–Crippen MR) is 73.4 cm³/mol. The number of aromatic nitrogens is 1. The lowest BCUT2D eigenvalue weighted by atomic mass is 10.2. The molecule has 1 aromatic carbocycles. The minimum atomic E-state index is -4.46. The maximum Gasteiger partial charge on any atom is 0.416 e. The molecule has 7 heteroatoms. The third kappa shape index (κ3) is 3.44. The topological polar surface area (TPSA) is 48.7 Å². The Hall–Kier alpha value is -2.26. The summed E-state index contributed by atoms with van der Waals surface area (Å²) in [5.41, 5.74) is 0.353. The van der Waals surface area contributed by atoms with E-state index in [1.165, 1.54) is 6.07 Å². The van der Waals surface area contributed by atoms with Crippen molar-refractivity contribution in [3.8, 4) is 6.07 Å². The molecule has 2 aromatic rings. The number of aryl methyl sites for hydroxylation is 1. The van der Waals surface area contributed by atoms with Crippen molar-refractivity contribution in [1.82, 2.24) is 4.98 Å². The summed E-state index contributed by atoms with van der Waals surface area (Å²) in [7, 11) is 0. The second-order valence-electron chi connectivity index (χ2n) is 4.28. The van der Waals surface area contributed by atoms with Crippen LogP contribution in [0.25, 0.3) is 0 Å². The Morgan fingerprint density at radius 3 is 2.52 bits per heavy atom. The lowest BCUT2D eigenvalue weighted by Gasteiger charge is -2.12. The average molecular weight is 312 g/mol. The molecule has 2 rings (SSSR count). The molecule has 0 amide bonds. The number of rotatable bonds is 2. The number of nitriles is 1. The van der Waals surface area contributed by atoms with Gasteiger partial charge in [0.25, 0.3) is 0 Å². The molecule has 0 aliphatic rings. The highest BCUT2D eigenvalue weighted by atomic mass is 35.5. The first-order valence-electron chi connectivity index (χ1n) is 5.83. The molecular weight excluding hydrogens is 303 g/mol. The van der Waals surface area contributed by atoms with Gasteiger partial charge in [-0.25, -0.2) is 4.98 Å². The predicted octanol–water partition coefficient (Wildman–Crippen LogP) is 4.68. The van der Waals surface area contributed by atoms with Crippen LogP contribution in [0.5, 0.6) is 0 Å². The summed E-state index contributed by atoms with van der Waals surface area (Å²) >= 11 is 5.85. The number of pyridine rings is 1. The van der Waals surface area contributed by atoms with Crippen LogP contribution in [-0.4, -0.2) is 4.98 Å². The van der Waals surface area contributed by atoms with Crippen molar-refractivity contribution in [3.63, 3.8) is 0 Å². The van der Waals surface area contributed by atoms with Gasteiger partial charge >= 0.3 is 6.18 Å². The molecule has 0 saturated carbocycles. The number of benzene rings is 1. The van der Waals surface area contributed by atoms with Crippen LogP contribution in [0.4, 0.5) is 24.7 Å². The summed E-state index contributed by atoms with van der Waals surface area (Å²) in [6, 6.07) is 8.13. The van der Waals surface area contributed by atoms with Crippen LogP contribution in [-0.2, 0) is 6.18 Å². The van der Waals surface area contributed by atoms with Crippen LogP contribution in [0.1, 0.15) is 16.8 Å².